The van der Waals surface area contributed by atoms with Crippen LogP contribution in [-0.4, -0.2) is 58.4 Å². The molecule has 3 aromatic carbocycles. The number of esters is 1. The van der Waals surface area contributed by atoms with Crippen molar-refractivity contribution >= 4 is 33.4 Å². The van der Waals surface area contributed by atoms with E-state index in [2.05, 4.69) is 0 Å². The van der Waals surface area contributed by atoms with Crippen molar-refractivity contribution in [3.8, 4) is 23.0 Å². The van der Waals surface area contributed by atoms with E-state index in [0.717, 1.165) is 27.1 Å². The molecule has 0 bridgehead atoms. The van der Waals surface area contributed by atoms with Crippen LogP contribution in [-0.2, 0) is 20.9 Å². The highest BCUT2D eigenvalue weighted by Crippen LogP contribution is 2.42. The van der Waals surface area contributed by atoms with Gasteiger partial charge < -0.3 is 28.6 Å². The van der Waals surface area contributed by atoms with Crippen LogP contribution in [0.25, 0.3) is 21.5 Å². The SMILES string of the molecule is COC(=O)[C@@H]1CCC(=O)N1Cc1cc2cc(OC)c(OC)cc2c2cc(OC)c(OC)cc12. The number of nitrogens with zero attached hydrogens (tertiary/aromatic N) is 1. The number of benzene rings is 3. The molecule has 1 saturated heterocycles. The Balaban J connectivity index is 1.97. The summed E-state index contributed by atoms with van der Waals surface area (Å²) in [6, 6.07) is 9.04. The van der Waals surface area contributed by atoms with Gasteiger partial charge in [-0.15, -0.1) is 0 Å². The van der Waals surface area contributed by atoms with Gasteiger partial charge in [-0.3, -0.25) is 4.79 Å². The lowest BCUT2D eigenvalue weighted by atomic mass is 9.95. The van der Waals surface area contributed by atoms with Crippen molar-refractivity contribution < 1.29 is 33.3 Å². The number of methoxy groups -OCH3 is 5. The highest BCUT2D eigenvalue weighted by molar-refractivity contribution is 6.11. The second kappa shape index (κ2) is 9.05. The maximum Gasteiger partial charge on any atom is 0.328 e. The van der Waals surface area contributed by atoms with E-state index >= 15 is 0 Å². The Hall–Kier alpha value is -3.68. The summed E-state index contributed by atoms with van der Waals surface area (Å²) in [5.74, 6) is 1.88. The topological polar surface area (TPSA) is 83.5 Å². The molecule has 0 radical (unpaired) electrons. The van der Waals surface area contributed by atoms with Crippen LogP contribution < -0.4 is 18.9 Å². The largest absolute Gasteiger partial charge is 0.493 e. The number of carbonyl (C=O) groups is 2. The molecule has 0 aromatic heterocycles. The molecule has 1 aliphatic heterocycles. The lowest BCUT2D eigenvalue weighted by Gasteiger charge is -2.24. The number of rotatable bonds is 7. The van der Waals surface area contributed by atoms with Crippen LogP contribution in [0.15, 0.2) is 30.3 Å². The van der Waals surface area contributed by atoms with Crippen LogP contribution in [0.3, 0.4) is 0 Å². The minimum absolute atomic E-state index is 0.0774. The summed E-state index contributed by atoms with van der Waals surface area (Å²) < 4.78 is 27.0. The summed E-state index contributed by atoms with van der Waals surface area (Å²) in [6.07, 6.45) is 0.757. The van der Waals surface area contributed by atoms with Crippen LogP contribution in [0.2, 0.25) is 0 Å². The van der Waals surface area contributed by atoms with E-state index in [0.29, 0.717) is 35.8 Å². The maximum atomic E-state index is 12.7. The van der Waals surface area contributed by atoms with Gasteiger partial charge in [0.25, 0.3) is 0 Å². The van der Waals surface area contributed by atoms with Gasteiger partial charge in [-0.2, -0.15) is 0 Å². The van der Waals surface area contributed by atoms with Crippen LogP contribution in [0.1, 0.15) is 18.4 Å². The number of ether oxygens (including phenoxy) is 5. The van der Waals surface area contributed by atoms with Crippen molar-refractivity contribution in [2.45, 2.75) is 25.4 Å². The molecule has 33 heavy (non-hydrogen) atoms. The Morgan fingerprint density at radius 1 is 0.818 bits per heavy atom. The fraction of sp³-hybridized carbons (Fsp3) is 0.360. The molecule has 1 atom stereocenters. The molecule has 8 heteroatoms. The maximum absolute atomic E-state index is 12.7. The van der Waals surface area contributed by atoms with E-state index < -0.39 is 12.0 Å². The minimum atomic E-state index is -0.598. The van der Waals surface area contributed by atoms with E-state index in [-0.39, 0.29) is 12.5 Å². The summed E-state index contributed by atoms with van der Waals surface area (Å²) in [5.41, 5.74) is 0.870. The lowest BCUT2D eigenvalue weighted by Crippen LogP contribution is -2.38. The molecule has 174 valence electrons. The summed E-state index contributed by atoms with van der Waals surface area (Å²) in [5, 5.41) is 3.63. The number of hydrogen-bond donors (Lipinski definition) is 0. The first-order valence-electron chi connectivity index (χ1n) is 10.6. The Bertz CT molecular complexity index is 1240. The quantitative estimate of drug-likeness (QED) is 0.399. The van der Waals surface area contributed by atoms with Gasteiger partial charge in [0.2, 0.25) is 5.91 Å². The Labute approximate surface area is 191 Å². The molecule has 1 heterocycles. The first-order chi connectivity index (χ1) is 15.9. The number of hydrogen-bond acceptors (Lipinski definition) is 7. The molecule has 4 rings (SSSR count). The molecule has 0 unspecified atom stereocenters. The molecular formula is C25H27NO7. The monoisotopic (exact) mass is 453 g/mol. The lowest BCUT2D eigenvalue weighted by molar-refractivity contribution is -0.149. The normalized spacial score (nSPS) is 15.7. The highest BCUT2D eigenvalue weighted by Gasteiger charge is 2.37. The summed E-state index contributed by atoms with van der Waals surface area (Å²) >= 11 is 0. The number of likely N-dealkylation sites (tertiary alicyclic amines) is 1. The second-order valence-corrected chi connectivity index (χ2v) is 7.82. The van der Waals surface area contributed by atoms with Crippen molar-refractivity contribution in [2.75, 3.05) is 35.5 Å². The van der Waals surface area contributed by atoms with Crippen LogP contribution >= 0.6 is 0 Å². The molecule has 1 aliphatic rings. The van der Waals surface area contributed by atoms with Gasteiger partial charge in [-0.25, -0.2) is 4.79 Å². The molecular weight excluding hydrogens is 426 g/mol. The first kappa shape index (κ1) is 22.5. The van der Waals surface area contributed by atoms with Crippen molar-refractivity contribution in [2.24, 2.45) is 0 Å². The fourth-order valence-corrected chi connectivity index (χ4v) is 4.51. The van der Waals surface area contributed by atoms with Crippen molar-refractivity contribution in [3.05, 3.63) is 35.9 Å². The molecule has 0 aliphatic carbocycles. The van der Waals surface area contributed by atoms with E-state index in [1.165, 1.54) is 7.11 Å². The number of carbonyl (C=O) groups excluding carboxylic acids is 2. The third-order valence-electron chi connectivity index (χ3n) is 6.19. The van der Waals surface area contributed by atoms with Crippen molar-refractivity contribution in [1.29, 1.82) is 0 Å². The van der Waals surface area contributed by atoms with Crippen LogP contribution in [0.4, 0.5) is 0 Å². The zero-order valence-electron chi connectivity index (χ0n) is 19.4. The van der Waals surface area contributed by atoms with E-state index in [4.69, 9.17) is 23.7 Å². The van der Waals surface area contributed by atoms with E-state index in [1.54, 1.807) is 33.3 Å². The van der Waals surface area contributed by atoms with Gasteiger partial charge in [0.15, 0.2) is 23.0 Å². The Morgan fingerprint density at radius 2 is 1.36 bits per heavy atom. The summed E-state index contributed by atoms with van der Waals surface area (Å²) in [6.45, 7) is 0.259. The Morgan fingerprint density at radius 3 is 1.94 bits per heavy atom. The Kier molecular flexibility index (Phi) is 6.18. The standard InChI is InChI=1S/C25H27NO7/c1-29-20-9-14-8-15(13-26-19(25(28)33-5)6-7-24(26)27)17-11-22(31-3)23(32-4)12-18(17)16(14)10-21(20)30-2/h8-12,19H,6-7,13H2,1-5H3/t19-/m0/s1. The minimum Gasteiger partial charge on any atom is -0.493 e. The summed E-state index contributed by atoms with van der Waals surface area (Å²) in [4.78, 5) is 26.5. The third kappa shape index (κ3) is 3.86. The molecule has 0 N–H and O–H groups in total. The van der Waals surface area contributed by atoms with Gasteiger partial charge in [0.1, 0.15) is 6.04 Å². The van der Waals surface area contributed by atoms with Gasteiger partial charge in [-0.05, 0) is 63.9 Å². The zero-order valence-corrected chi connectivity index (χ0v) is 19.4. The first-order valence-corrected chi connectivity index (χ1v) is 10.6. The molecule has 3 aromatic rings. The van der Waals surface area contributed by atoms with Gasteiger partial charge in [-0.1, -0.05) is 0 Å². The molecule has 0 saturated carbocycles. The van der Waals surface area contributed by atoms with Gasteiger partial charge in [0.05, 0.1) is 35.5 Å². The molecule has 0 spiro atoms. The zero-order chi connectivity index (χ0) is 23.7. The number of fused-ring (bicyclic) bond motifs is 3. The third-order valence-corrected chi connectivity index (χ3v) is 6.19. The van der Waals surface area contributed by atoms with E-state index in [1.807, 2.05) is 30.3 Å². The van der Waals surface area contributed by atoms with E-state index in [9.17, 15) is 9.59 Å². The summed E-state index contributed by atoms with van der Waals surface area (Å²) in [7, 11) is 7.68. The molecule has 1 fully saturated rings. The predicted octanol–water partition coefficient (Wildman–Crippen LogP) is 3.69. The van der Waals surface area contributed by atoms with Crippen LogP contribution in [0, 0.1) is 0 Å². The fourth-order valence-electron chi connectivity index (χ4n) is 4.51. The highest BCUT2D eigenvalue weighted by atomic mass is 16.5. The van der Waals surface area contributed by atoms with Crippen LogP contribution in [0.5, 0.6) is 23.0 Å². The smallest absolute Gasteiger partial charge is 0.328 e. The average molecular weight is 453 g/mol. The molecule has 1 amide bonds. The molecule has 8 nitrogen and oxygen atoms in total. The van der Waals surface area contributed by atoms with Gasteiger partial charge >= 0.3 is 5.97 Å². The predicted molar refractivity (Wildman–Crippen MR) is 123 cm³/mol. The second-order valence-electron chi connectivity index (χ2n) is 7.82. The van der Waals surface area contributed by atoms with Crippen molar-refractivity contribution in [1.82, 2.24) is 4.90 Å². The average Bonchev–Trinajstić information content (AvgIpc) is 3.21. The van der Waals surface area contributed by atoms with Crippen molar-refractivity contribution in [3.63, 3.8) is 0 Å². The van der Waals surface area contributed by atoms with Gasteiger partial charge in [0, 0.05) is 13.0 Å². The number of amides is 1.